The van der Waals surface area contributed by atoms with Crippen LogP contribution >= 0.6 is 0 Å². The lowest BCUT2D eigenvalue weighted by Gasteiger charge is -2.37. The third-order valence-electron chi connectivity index (χ3n) is 4.76. The minimum atomic E-state index is -3.11. The van der Waals surface area contributed by atoms with Gasteiger partial charge in [-0.3, -0.25) is 4.79 Å². The number of hydrogen-bond donors (Lipinski definition) is 2. The summed E-state index contributed by atoms with van der Waals surface area (Å²) in [6.45, 7) is 5.75. The van der Waals surface area contributed by atoms with Crippen LogP contribution in [0, 0.1) is 0 Å². The molecule has 22 heavy (non-hydrogen) atoms. The predicted molar refractivity (Wildman–Crippen MR) is 87.1 cm³/mol. The molecule has 0 aliphatic carbocycles. The van der Waals surface area contributed by atoms with Gasteiger partial charge in [0.15, 0.2) is 0 Å². The second kappa shape index (κ2) is 7.27. The Hall–Kier alpha value is -0.660. The van der Waals surface area contributed by atoms with E-state index in [-0.39, 0.29) is 17.7 Å². The molecule has 1 atom stereocenters. The summed E-state index contributed by atoms with van der Waals surface area (Å²) in [5.74, 6) is 0.272. The minimum absolute atomic E-state index is 0.0575. The number of sulfonamides is 1. The molecule has 2 N–H and O–H groups in total. The molecule has 0 aromatic carbocycles. The zero-order valence-electron chi connectivity index (χ0n) is 13.7. The highest BCUT2D eigenvalue weighted by Gasteiger charge is 2.36. The van der Waals surface area contributed by atoms with Crippen LogP contribution in [0.2, 0.25) is 0 Å². The molecular formula is C15H29N3O3S. The molecule has 0 aromatic heterocycles. The Balaban J connectivity index is 1.83. The van der Waals surface area contributed by atoms with Crippen LogP contribution in [0.5, 0.6) is 0 Å². The average Bonchev–Trinajstić information content (AvgIpc) is 2.48. The molecule has 2 aliphatic rings. The van der Waals surface area contributed by atoms with E-state index in [1.165, 1.54) is 0 Å². The number of amides is 1. The number of piperidine rings is 2. The molecule has 2 rings (SSSR count). The minimum Gasteiger partial charge on any atom is -0.352 e. The summed E-state index contributed by atoms with van der Waals surface area (Å²) in [7, 11) is -3.11. The molecule has 1 amide bonds. The molecule has 0 bridgehead atoms. The number of rotatable bonds is 5. The maximum Gasteiger partial charge on any atom is 0.240 e. The van der Waals surface area contributed by atoms with Crippen LogP contribution in [0.3, 0.4) is 0 Å². The third kappa shape index (κ3) is 4.20. The number of carbonyl (C=O) groups is 1. The molecule has 2 heterocycles. The van der Waals surface area contributed by atoms with Crippen LogP contribution in [0.15, 0.2) is 0 Å². The highest BCUT2D eigenvalue weighted by Crippen LogP contribution is 2.21. The van der Waals surface area contributed by atoms with Gasteiger partial charge in [0.05, 0.1) is 11.3 Å². The Morgan fingerprint density at radius 3 is 2.55 bits per heavy atom. The van der Waals surface area contributed by atoms with E-state index in [0.29, 0.717) is 32.4 Å². The van der Waals surface area contributed by atoms with Crippen molar-refractivity contribution < 1.29 is 13.2 Å². The Bertz CT molecular complexity index is 478. The van der Waals surface area contributed by atoms with Gasteiger partial charge >= 0.3 is 0 Å². The molecule has 2 fully saturated rings. The van der Waals surface area contributed by atoms with E-state index in [2.05, 4.69) is 10.6 Å². The summed E-state index contributed by atoms with van der Waals surface area (Å²) in [5, 5.41) is 6.43. The summed E-state index contributed by atoms with van der Waals surface area (Å²) in [6.07, 6.45) is 5.10. The van der Waals surface area contributed by atoms with Gasteiger partial charge < -0.3 is 10.6 Å². The fourth-order valence-corrected chi connectivity index (χ4v) is 4.80. The Morgan fingerprint density at radius 2 is 2.00 bits per heavy atom. The molecule has 1 unspecified atom stereocenters. The van der Waals surface area contributed by atoms with Gasteiger partial charge in [0.1, 0.15) is 0 Å². The van der Waals surface area contributed by atoms with Gasteiger partial charge in [0.2, 0.25) is 15.9 Å². The monoisotopic (exact) mass is 331 g/mol. The van der Waals surface area contributed by atoms with E-state index in [1.54, 1.807) is 4.31 Å². The molecule has 0 spiro atoms. The summed E-state index contributed by atoms with van der Waals surface area (Å²) in [6, 6.07) is 0.0844. The van der Waals surface area contributed by atoms with Crippen molar-refractivity contribution in [3.63, 3.8) is 0 Å². The number of nitrogens with one attached hydrogen (secondary N) is 2. The molecular weight excluding hydrogens is 302 g/mol. The maximum atomic E-state index is 12.5. The fraction of sp³-hybridized carbons (Fsp3) is 0.933. The van der Waals surface area contributed by atoms with E-state index in [0.717, 1.165) is 25.8 Å². The lowest BCUT2D eigenvalue weighted by atomic mass is 9.89. The Labute approximate surface area is 134 Å². The van der Waals surface area contributed by atoms with Gasteiger partial charge in [0, 0.05) is 19.1 Å². The first kappa shape index (κ1) is 17.7. The smallest absolute Gasteiger partial charge is 0.240 e. The first-order valence-electron chi connectivity index (χ1n) is 8.41. The largest absolute Gasteiger partial charge is 0.352 e. The van der Waals surface area contributed by atoms with Crippen LogP contribution in [0.4, 0.5) is 0 Å². The first-order valence-corrected chi connectivity index (χ1v) is 10.0. The Kier molecular flexibility index (Phi) is 5.85. The highest BCUT2D eigenvalue weighted by atomic mass is 32.2. The number of nitrogens with zero attached hydrogens (tertiary/aromatic N) is 1. The molecule has 6 nitrogen and oxygen atoms in total. The second-order valence-electron chi connectivity index (χ2n) is 6.68. The van der Waals surface area contributed by atoms with Crippen molar-refractivity contribution in [3.05, 3.63) is 0 Å². The van der Waals surface area contributed by atoms with Crippen molar-refractivity contribution in [2.24, 2.45) is 0 Å². The summed E-state index contributed by atoms with van der Waals surface area (Å²) in [4.78, 5) is 12.5. The third-order valence-corrected chi connectivity index (χ3v) is 6.84. The average molecular weight is 331 g/mol. The molecule has 7 heteroatoms. The van der Waals surface area contributed by atoms with Crippen molar-refractivity contribution in [1.82, 2.24) is 14.9 Å². The van der Waals surface area contributed by atoms with Gasteiger partial charge in [-0.15, -0.1) is 0 Å². The van der Waals surface area contributed by atoms with Gasteiger partial charge in [0.25, 0.3) is 0 Å². The Morgan fingerprint density at radius 1 is 1.32 bits per heavy atom. The fourth-order valence-electron chi connectivity index (χ4n) is 3.26. The second-order valence-corrected chi connectivity index (χ2v) is 8.77. The first-order chi connectivity index (χ1) is 10.4. The van der Waals surface area contributed by atoms with Crippen molar-refractivity contribution in [2.45, 2.75) is 64.0 Å². The van der Waals surface area contributed by atoms with E-state index < -0.39 is 15.6 Å². The highest BCUT2D eigenvalue weighted by molar-refractivity contribution is 7.89. The molecule has 2 aliphatic heterocycles. The standard InChI is InChI=1S/C15H29N3O3S/c1-3-12-22(20,21)18-10-6-13(7-11-18)17-14(19)15(2)8-4-5-9-16-15/h13,16H,3-12H2,1-2H3,(H,17,19). The predicted octanol–water partition coefficient (Wildman–Crippen LogP) is 0.839. The number of hydrogen-bond acceptors (Lipinski definition) is 4. The van der Waals surface area contributed by atoms with Crippen molar-refractivity contribution in [2.75, 3.05) is 25.4 Å². The summed E-state index contributed by atoms with van der Waals surface area (Å²) < 4.78 is 25.7. The van der Waals surface area contributed by atoms with E-state index >= 15 is 0 Å². The van der Waals surface area contributed by atoms with Crippen LogP contribution in [0.25, 0.3) is 0 Å². The van der Waals surface area contributed by atoms with Crippen LogP contribution in [0.1, 0.15) is 52.4 Å². The molecule has 2 saturated heterocycles. The number of carbonyl (C=O) groups excluding carboxylic acids is 1. The van der Waals surface area contributed by atoms with Gasteiger partial charge in [-0.25, -0.2) is 12.7 Å². The van der Waals surface area contributed by atoms with E-state index in [1.807, 2.05) is 13.8 Å². The topological polar surface area (TPSA) is 78.5 Å². The molecule has 0 aromatic rings. The molecule has 0 saturated carbocycles. The SMILES string of the molecule is CCCS(=O)(=O)N1CCC(NC(=O)C2(C)CCCCN2)CC1. The van der Waals surface area contributed by atoms with Crippen LogP contribution in [-0.4, -0.2) is 55.6 Å². The van der Waals surface area contributed by atoms with Crippen molar-refractivity contribution in [3.8, 4) is 0 Å². The van der Waals surface area contributed by atoms with Gasteiger partial charge in [-0.05, 0) is 52.0 Å². The van der Waals surface area contributed by atoms with E-state index in [9.17, 15) is 13.2 Å². The van der Waals surface area contributed by atoms with Crippen molar-refractivity contribution in [1.29, 1.82) is 0 Å². The quantitative estimate of drug-likeness (QED) is 0.782. The summed E-state index contributed by atoms with van der Waals surface area (Å²) >= 11 is 0. The summed E-state index contributed by atoms with van der Waals surface area (Å²) in [5.41, 5.74) is -0.469. The zero-order valence-corrected chi connectivity index (χ0v) is 14.5. The maximum absolute atomic E-state index is 12.5. The van der Waals surface area contributed by atoms with Gasteiger partial charge in [-0.1, -0.05) is 6.92 Å². The molecule has 0 radical (unpaired) electrons. The van der Waals surface area contributed by atoms with E-state index in [4.69, 9.17) is 0 Å². The van der Waals surface area contributed by atoms with Crippen LogP contribution < -0.4 is 10.6 Å². The van der Waals surface area contributed by atoms with Crippen molar-refractivity contribution >= 4 is 15.9 Å². The normalized spacial score (nSPS) is 28.5. The van der Waals surface area contributed by atoms with Crippen LogP contribution in [-0.2, 0) is 14.8 Å². The zero-order chi connectivity index (χ0) is 16.2. The lowest BCUT2D eigenvalue weighted by molar-refractivity contribution is -0.128. The van der Waals surface area contributed by atoms with Gasteiger partial charge in [-0.2, -0.15) is 0 Å². The molecule has 128 valence electrons. The lowest BCUT2D eigenvalue weighted by Crippen LogP contribution is -2.59.